The molecule has 1 fully saturated rings. The number of hydrogen-bond donors (Lipinski definition) is 2. The number of nitrogens with two attached hydrogens (primary N) is 1. The molecule has 2 atom stereocenters. The first-order valence-corrected chi connectivity index (χ1v) is 5.99. The summed E-state index contributed by atoms with van der Waals surface area (Å²) in [5.41, 5.74) is 4.59. The molecule has 6 heteroatoms. The van der Waals surface area contributed by atoms with Crippen molar-refractivity contribution < 1.29 is 13.5 Å². The van der Waals surface area contributed by atoms with Gasteiger partial charge in [0.2, 0.25) is 0 Å². The van der Waals surface area contributed by atoms with E-state index in [0.29, 0.717) is 5.56 Å². The number of benzene rings is 1. The highest BCUT2D eigenvalue weighted by molar-refractivity contribution is 9.10. The minimum atomic E-state index is -2.59. The van der Waals surface area contributed by atoms with Crippen molar-refractivity contribution in [1.29, 1.82) is 0 Å². The first-order chi connectivity index (χ1) is 8.04. The molecule has 0 aliphatic carbocycles. The Kier molecular flexibility index (Phi) is 3.77. The molecule has 1 aliphatic rings. The molecule has 2 unspecified atom stereocenters. The molecule has 1 aliphatic heterocycles. The lowest BCUT2D eigenvalue weighted by Gasteiger charge is -2.40. The van der Waals surface area contributed by atoms with Crippen LogP contribution in [0.2, 0.25) is 0 Å². The van der Waals surface area contributed by atoms with E-state index in [4.69, 9.17) is 10.5 Å². The molecule has 0 amide bonds. The van der Waals surface area contributed by atoms with Crippen molar-refractivity contribution >= 4 is 15.9 Å². The Bertz CT molecular complexity index is 405. The minimum Gasteiger partial charge on any atom is -0.376 e. The van der Waals surface area contributed by atoms with Gasteiger partial charge in [0.1, 0.15) is 5.54 Å². The van der Waals surface area contributed by atoms with E-state index in [0.717, 1.165) is 4.47 Å². The van der Waals surface area contributed by atoms with Crippen molar-refractivity contribution in [2.75, 3.05) is 13.2 Å². The summed E-state index contributed by atoms with van der Waals surface area (Å²) in [6, 6.07) is 6.80. The zero-order valence-corrected chi connectivity index (χ0v) is 10.6. The number of alkyl halides is 2. The molecule has 94 valence electrons. The van der Waals surface area contributed by atoms with Gasteiger partial charge in [0.05, 0.1) is 19.4 Å². The van der Waals surface area contributed by atoms with Crippen LogP contribution in [0.3, 0.4) is 0 Å². The predicted molar refractivity (Wildman–Crippen MR) is 63.8 cm³/mol. The summed E-state index contributed by atoms with van der Waals surface area (Å²) < 4.78 is 32.6. The molecular weight excluding hydrogens is 294 g/mol. The molecule has 0 aromatic heterocycles. The first-order valence-electron chi connectivity index (χ1n) is 5.20. The highest BCUT2D eigenvalue weighted by Gasteiger charge is 2.45. The minimum absolute atomic E-state index is 0.0885. The summed E-state index contributed by atoms with van der Waals surface area (Å²) in [7, 11) is 0. The maximum atomic E-state index is 13.4. The summed E-state index contributed by atoms with van der Waals surface area (Å²) in [5.74, 6) is 0. The van der Waals surface area contributed by atoms with Gasteiger partial charge >= 0.3 is 0 Å². The molecule has 1 heterocycles. The maximum absolute atomic E-state index is 13.4. The second-order valence-electron chi connectivity index (χ2n) is 4.05. The highest BCUT2D eigenvalue weighted by Crippen LogP contribution is 2.32. The summed E-state index contributed by atoms with van der Waals surface area (Å²) in [4.78, 5) is 0. The van der Waals surface area contributed by atoms with Crippen LogP contribution < -0.4 is 11.1 Å². The van der Waals surface area contributed by atoms with Crippen LogP contribution in [0.15, 0.2) is 28.7 Å². The highest BCUT2D eigenvalue weighted by atomic mass is 79.9. The topological polar surface area (TPSA) is 47.3 Å². The lowest BCUT2D eigenvalue weighted by atomic mass is 9.89. The van der Waals surface area contributed by atoms with Crippen molar-refractivity contribution in [3.63, 3.8) is 0 Å². The van der Waals surface area contributed by atoms with Gasteiger partial charge in [0.25, 0.3) is 6.43 Å². The summed E-state index contributed by atoms with van der Waals surface area (Å²) >= 11 is 3.27. The van der Waals surface area contributed by atoms with Gasteiger partial charge in [-0.1, -0.05) is 28.1 Å². The van der Waals surface area contributed by atoms with E-state index in [1.807, 2.05) is 0 Å². The second-order valence-corrected chi connectivity index (χ2v) is 4.96. The second kappa shape index (κ2) is 4.97. The van der Waals surface area contributed by atoms with Crippen molar-refractivity contribution in [1.82, 2.24) is 5.32 Å². The molecule has 0 saturated carbocycles. The largest absolute Gasteiger partial charge is 0.376 e. The third-order valence-corrected chi connectivity index (χ3v) is 3.28. The fourth-order valence-corrected chi connectivity index (χ4v) is 2.34. The Morgan fingerprint density at radius 1 is 1.53 bits per heavy atom. The molecule has 3 N–H and O–H groups in total. The lowest BCUT2D eigenvalue weighted by molar-refractivity contribution is -0.0793. The Morgan fingerprint density at radius 2 is 2.29 bits per heavy atom. The van der Waals surface area contributed by atoms with E-state index >= 15 is 0 Å². The van der Waals surface area contributed by atoms with E-state index in [-0.39, 0.29) is 13.2 Å². The van der Waals surface area contributed by atoms with Gasteiger partial charge < -0.3 is 10.5 Å². The Hall–Kier alpha value is -0.560. The molecule has 1 aromatic carbocycles. The predicted octanol–water partition coefficient (Wildman–Crippen LogP) is 1.81. The molecule has 17 heavy (non-hydrogen) atoms. The molecular formula is C11H13BrF2N2O. The molecule has 0 spiro atoms. The molecule has 0 bridgehead atoms. The van der Waals surface area contributed by atoms with Gasteiger partial charge in [-0.2, -0.15) is 0 Å². The lowest BCUT2D eigenvalue weighted by Crippen LogP contribution is -2.63. The van der Waals surface area contributed by atoms with Crippen molar-refractivity contribution in [2.24, 2.45) is 5.73 Å². The van der Waals surface area contributed by atoms with Gasteiger partial charge in [-0.3, -0.25) is 5.32 Å². The van der Waals surface area contributed by atoms with Crippen molar-refractivity contribution in [2.45, 2.75) is 18.1 Å². The van der Waals surface area contributed by atoms with Crippen LogP contribution in [0, 0.1) is 0 Å². The average Bonchev–Trinajstić information content (AvgIpc) is 2.28. The normalized spacial score (nSPS) is 29.6. The van der Waals surface area contributed by atoms with Crippen LogP contribution in [-0.2, 0) is 10.3 Å². The molecule has 1 saturated heterocycles. The first kappa shape index (κ1) is 12.9. The summed E-state index contributed by atoms with van der Waals surface area (Å²) in [6.45, 7) is 0.150. The van der Waals surface area contributed by atoms with Crippen LogP contribution in [0.5, 0.6) is 0 Å². The molecule has 0 radical (unpaired) electrons. The Morgan fingerprint density at radius 3 is 2.88 bits per heavy atom. The standard InChI is InChI=1S/C11H13BrF2N2O/c12-8-3-1-2-7(4-8)11(10(13)14)6-17-5-9(15)16-11/h1-4,9-10,16H,5-6,15H2. The van der Waals surface area contributed by atoms with E-state index in [9.17, 15) is 8.78 Å². The summed E-state index contributed by atoms with van der Waals surface area (Å²) in [5, 5.41) is 2.75. The van der Waals surface area contributed by atoms with Crippen molar-refractivity contribution in [3.8, 4) is 0 Å². The van der Waals surface area contributed by atoms with Crippen LogP contribution >= 0.6 is 15.9 Å². The molecule has 2 rings (SSSR count). The van der Waals surface area contributed by atoms with Crippen LogP contribution in [-0.4, -0.2) is 25.8 Å². The number of morpholine rings is 1. The Balaban J connectivity index is 2.40. The quantitative estimate of drug-likeness (QED) is 0.876. The van der Waals surface area contributed by atoms with Crippen LogP contribution in [0.1, 0.15) is 5.56 Å². The summed E-state index contributed by atoms with van der Waals surface area (Å²) in [6.07, 6.45) is -3.18. The zero-order valence-electron chi connectivity index (χ0n) is 9.00. The van der Waals surface area contributed by atoms with Crippen LogP contribution in [0.4, 0.5) is 8.78 Å². The van der Waals surface area contributed by atoms with Crippen LogP contribution in [0.25, 0.3) is 0 Å². The number of rotatable bonds is 2. The van der Waals surface area contributed by atoms with Gasteiger partial charge in [-0.15, -0.1) is 0 Å². The van der Waals surface area contributed by atoms with E-state index in [1.54, 1.807) is 24.3 Å². The van der Waals surface area contributed by atoms with Crippen molar-refractivity contribution in [3.05, 3.63) is 34.3 Å². The van der Waals surface area contributed by atoms with E-state index < -0.39 is 18.1 Å². The van der Waals surface area contributed by atoms with E-state index in [2.05, 4.69) is 21.2 Å². The fraction of sp³-hybridized carbons (Fsp3) is 0.455. The molecule has 1 aromatic rings. The average molecular weight is 307 g/mol. The van der Waals surface area contributed by atoms with Gasteiger partial charge in [0.15, 0.2) is 0 Å². The number of ether oxygens (including phenoxy) is 1. The number of nitrogens with one attached hydrogen (secondary N) is 1. The van der Waals surface area contributed by atoms with E-state index in [1.165, 1.54) is 0 Å². The Labute approximate surface area is 106 Å². The molecule has 3 nitrogen and oxygen atoms in total. The monoisotopic (exact) mass is 306 g/mol. The zero-order chi connectivity index (χ0) is 12.5. The maximum Gasteiger partial charge on any atom is 0.262 e. The smallest absolute Gasteiger partial charge is 0.262 e. The SMILES string of the molecule is NC1COCC(c2cccc(Br)c2)(C(F)F)N1. The van der Waals surface area contributed by atoms with Gasteiger partial charge in [-0.25, -0.2) is 8.78 Å². The fourth-order valence-electron chi connectivity index (χ4n) is 1.95. The number of hydrogen-bond acceptors (Lipinski definition) is 3. The third kappa shape index (κ3) is 2.49. The van der Waals surface area contributed by atoms with Gasteiger partial charge in [-0.05, 0) is 17.7 Å². The number of halogens is 3. The van der Waals surface area contributed by atoms with Gasteiger partial charge in [0, 0.05) is 4.47 Å². The third-order valence-electron chi connectivity index (χ3n) is 2.78.